The van der Waals surface area contributed by atoms with Gasteiger partial charge in [0.25, 0.3) is 0 Å². The molecule has 0 bridgehead atoms. The fourth-order valence-electron chi connectivity index (χ4n) is 1.44. The summed E-state index contributed by atoms with van der Waals surface area (Å²) < 4.78 is 0. The lowest BCUT2D eigenvalue weighted by Gasteiger charge is -2.32. The molecule has 0 aliphatic carbocycles. The van der Waals surface area contributed by atoms with E-state index in [9.17, 15) is 4.79 Å². The van der Waals surface area contributed by atoms with Gasteiger partial charge in [-0.2, -0.15) is 0 Å². The van der Waals surface area contributed by atoms with Gasteiger partial charge in [0.1, 0.15) is 0 Å². The minimum Gasteiger partial charge on any atom is -0.337 e. The van der Waals surface area contributed by atoms with Crippen molar-refractivity contribution in [3.05, 3.63) is 12.7 Å². The highest BCUT2D eigenvalue weighted by atomic mass is 16.2. The largest absolute Gasteiger partial charge is 0.337 e. The summed E-state index contributed by atoms with van der Waals surface area (Å²) in [7, 11) is 0. The van der Waals surface area contributed by atoms with Crippen LogP contribution in [0.1, 0.15) is 34.6 Å². The van der Waals surface area contributed by atoms with Crippen LogP contribution in [0.4, 0.5) is 0 Å². The van der Waals surface area contributed by atoms with Gasteiger partial charge in [-0.1, -0.05) is 13.0 Å². The second-order valence-electron chi connectivity index (χ2n) is 3.96. The van der Waals surface area contributed by atoms with Crippen molar-refractivity contribution in [2.24, 2.45) is 5.92 Å². The minimum absolute atomic E-state index is 0.0789. The first-order valence-electron chi connectivity index (χ1n) is 4.86. The number of carbonyl (C=O) groups is 1. The third-order valence-electron chi connectivity index (χ3n) is 2.11. The molecule has 76 valence electrons. The summed E-state index contributed by atoms with van der Waals surface area (Å²) in [6, 6.07) is 0.518. The SMILES string of the molecule is C=CC(C)C(=O)N(C(C)C)C(C)C. The first kappa shape index (κ1) is 12.2. The van der Waals surface area contributed by atoms with Gasteiger partial charge in [-0.3, -0.25) is 4.79 Å². The van der Waals surface area contributed by atoms with Crippen LogP contribution < -0.4 is 0 Å². The van der Waals surface area contributed by atoms with Gasteiger partial charge in [0.15, 0.2) is 0 Å². The lowest BCUT2D eigenvalue weighted by molar-refractivity contribution is -0.137. The molecule has 0 heterocycles. The molecule has 0 aromatic rings. The number of carbonyl (C=O) groups excluding carboxylic acids is 1. The Morgan fingerprint density at radius 2 is 1.54 bits per heavy atom. The quantitative estimate of drug-likeness (QED) is 0.613. The molecule has 0 aliphatic heterocycles. The van der Waals surface area contributed by atoms with Gasteiger partial charge in [0, 0.05) is 12.1 Å². The van der Waals surface area contributed by atoms with Crippen LogP contribution in [0.5, 0.6) is 0 Å². The van der Waals surface area contributed by atoms with Crippen molar-refractivity contribution in [1.29, 1.82) is 0 Å². The van der Waals surface area contributed by atoms with Gasteiger partial charge in [-0.15, -0.1) is 6.58 Å². The van der Waals surface area contributed by atoms with Gasteiger partial charge in [-0.05, 0) is 27.7 Å². The standard InChI is InChI=1S/C11H21NO/c1-7-10(6)11(13)12(8(2)3)9(4)5/h7-10H,1H2,2-6H3. The van der Waals surface area contributed by atoms with E-state index in [1.165, 1.54) is 0 Å². The van der Waals surface area contributed by atoms with E-state index in [2.05, 4.69) is 6.58 Å². The van der Waals surface area contributed by atoms with Crippen LogP contribution in [0, 0.1) is 5.92 Å². The van der Waals surface area contributed by atoms with Gasteiger partial charge in [0.2, 0.25) is 5.91 Å². The van der Waals surface area contributed by atoms with Crippen LogP contribution in [0.25, 0.3) is 0 Å². The van der Waals surface area contributed by atoms with E-state index in [-0.39, 0.29) is 23.9 Å². The summed E-state index contributed by atoms with van der Waals surface area (Å²) in [4.78, 5) is 13.7. The van der Waals surface area contributed by atoms with E-state index < -0.39 is 0 Å². The number of hydrogen-bond acceptors (Lipinski definition) is 1. The third kappa shape index (κ3) is 3.21. The molecule has 0 aromatic heterocycles. The predicted molar refractivity (Wildman–Crippen MR) is 56.5 cm³/mol. The zero-order valence-corrected chi connectivity index (χ0v) is 9.37. The van der Waals surface area contributed by atoms with E-state index in [0.29, 0.717) is 0 Å². The number of amides is 1. The van der Waals surface area contributed by atoms with Gasteiger partial charge < -0.3 is 4.90 Å². The lowest BCUT2D eigenvalue weighted by Crippen LogP contribution is -2.44. The van der Waals surface area contributed by atoms with Gasteiger partial charge in [-0.25, -0.2) is 0 Å². The smallest absolute Gasteiger partial charge is 0.229 e. The van der Waals surface area contributed by atoms with Crippen LogP contribution in [-0.2, 0) is 4.79 Å². The highest BCUT2D eigenvalue weighted by Gasteiger charge is 2.22. The summed E-state index contributed by atoms with van der Waals surface area (Å²) >= 11 is 0. The number of rotatable bonds is 4. The summed E-state index contributed by atoms with van der Waals surface area (Å²) in [5.74, 6) is 0.0878. The molecule has 0 aromatic carbocycles. The number of hydrogen-bond donors (Lipinski definition) is 0. The molecule has 0 N–H and O–H groups in total. The molecule has 1 unspecified atom stereocenters. The molecular formula is C11H21NO. The van der Waals surface area contributed by atoms with Crippen molar-refractivity contribution in [3.63, 3.8) is 0 Å². The van der Waals surface area contributed by atoms with Crippen molar-refractivity contribution in [2.45, 2.75) is 46.7 Å². The fraction of sp³-hybridized carbons (Fsp3) is 0.727. The number of nitrogens with zero attached hydrogens (tertiary/aromatic N) is 1. The Morgan fingerprint density at radius 1 is 1.15 bits per heavy atom. The minimum atomic E-state index is -0.0789. The lowest BCUT2D eigenvalue weighted by atomic mass is 10.1. The van der Waals surface area contributed by atoms with E-state index in [1.54, 1.807) is 6.08 Å². The van der Waals surface area contributed by atoms with Crippen LogP contribution in [0.3, 0.4) is 0 Å². The molecular weight excluding hydrogens is 162 g/mol. The highest BCUT2D eigenvalue weighted by molar-refractivity contribution is 5.80. The first-order chi connectivity index (χ1) is 5.91. The Kier molecular flexibility index (Phi) is 4.74. The molecule has 0 saturated carbocycles. The van der Waals surface area contributed by atoms with Crippen LogP contribution in [0.2, 0.25) is 0 Å². The highest BCUT2D eigenvalue weighted by Crippen LogP contribution is 2.11. The molecule has 0 saturated heterocycles. The Labute approximate surface area is 81.6 Å². The third-order valence-corrected chi connectivity index (χ3v) is 2.11. The van der Waals surface area contributed by atoms with Crippen LogP contribution >= 0.6 is 0 Å². The molecule has 1 atom stereocenters. The maximum Gasteiger partial charge on any atom is 0.229 e. The van der Waals surface area contributed by atoms with Gasteiger partial charge in [0.05, 0.1) is 5.92 Å². The zero-order valence-electron chi connectivity index (χ0n) is 9.37. The average molecular weight is 183 g/mol. The van der Waals surface area contributed by atoms with Crippen LogP contribution in [-0.4, -0.2) is 22.9 Å². The summed E-state index contributed by atoms with van der Waals surface area (Å²) in [5.41, 5.74) is 0. The monoisotopic (exact) mass is 183 g/mol. The van der Waals surface area contributed by atoms with Gasteiger partial charge >= 0.3 is 0 Å². The maximum atomic E-state index is 11.8. The van der Waals surface area contributed by atoms with Crippen molar-refractivity contribution in [1.82, 2.24) is 4.90 Å². The van der Waals surface area contributed by atoms with Crippen molar-refractivity contribution in [3.8, 4) is 0 Å². The normalized spacial score (nSPS) is 13.2. The van der Waals surface area contributed by atoms with Crippen molar-refractivity contribution in [2.75, 3.05) is 0 Å². The van der Waals surface area contributed by atoms with Crippen molar-refractivity contribution < 1.29 is 4.79 Å². The first-order valence-corrected chi connectivity index (χ1v) is 4.86. The second-order valence-corrected chi connectivity index (χ2v) is 3.96. The van der Waals surface area contributed by atoms with Crippen LogP contribution in [0.15, 0.2) is 12.7 Å². The van der Waals surface area contributed by atoms with Crippen molar-refractivity contribution >= 4 is 5.91 Å². The molecule has 2 heteroatoms. The fourth-order valence-corrected chi connectivity index (χ4v) is 1.44. The summed E-state index contributed by atoms with van der Waals surface area (Å²) in [5, 5.41) is 0. The predicted octanol–water partition coefficient (Wildman–Crippen LogP) is 2.45. The second kappa shape index (κ2) is 5.05. The molecule has 13 heavy (non-hydrogen) atoms. The van der Waals surface area contributed by atoms with E-state index >= 15 is 0 Å². The molecule has 0 spiro atoms. The topological polar surface area (TPSA) is 20.3 Å². The molecule has 0 radical (unpaired) electrons. The molecule has 2 nitrogen and oxygen atoms in total. The van der Waals surface area contributed by atoms with E-state index in [0.717, 1.165) is 0 Å². The maximum absolute atomic E-state index is 11.8. The summed E-state index contributed by atoms with van der Waals surface area (Å²) in [6.45, 7) is 13.7. The Balaban J connectivity index is 4.55. The molecule has 0 fully saturated rings. The average Bonchev–Trinajstić information content (AvgIpc) is 2.01. The molecule has 0 rings (SSSR count). The molecule has 1 amide bonds. The van der Waals surface area contributed by atoms with E-state index in [4.69, 9.17) is 0 Å². The summed E-state index contributed by atoms with van der Waals surface area (Å²) in [6.07, 6.45) is 1.69. The Morgan fingerprint density at radius 3 is 1.77 bits per heavy atom. The zero-order chi connectivity index (χ0) is 10.6. The van der Waals surface area contributed by atoms with E-state index in [1.807, 2.05) is 39.5 Å². The Hall–Kier alpha value is -0.790. The molecule has 0 aliphatic rings. The Bertz CT molecular complexity index is 177.